The molecule has 1 fully saturated rings. The van der Waals surface area contributed by atoms with E-state index in [0.29, 0.717) is 18.5 Å². The van der Waals surface area contributed by atoms with Crippen molar-refractivity contribution in [2.75, 3.05) is 26.1 Å². The van der Waals surface area contributed by atoms with E-state index < -0.39 is 5.97 Å². The molecular weight excluding hydrogens is 410 g/mol. The SMILES string of the molecule is COCC(C)Nc1ncc2c(-c3ccc(C(=O)OC)nc3)cc([C@H]3CC[C@H](O)CC3)n2n1. The standard InChI is InChI=1S/C23H29N5O4/c1-14(13-31-2)26-23-25-12-21-18(16-6-9-19(24-11-16)22(30)32-3)10-20(28(21)27-23)15-4-7-17(29)8-5-15/h6,9-12,14-15,17,29H,4-5,7-8,13H2,1-3H3,(H,26,27)/t14?,15-,17-. The highest BCUT2D eigenvalue weighted by molar-refractivity contribution is 5.88. The van der Waals surface area contributed by atoms with E-state index >= 15 is 0 Å². The molecule has 1 aliphatic rings. The number of hydrogen-bond acceptors (Lipinski definition) is 8. The van der Waals surface area contributed by atoms with Gasteiger partial charge in [-0.3, -0.25) is 0 Å². The van der Waals surface area contributed by atoms with Crippen LogP contribution in [0, 0.1) is 0 Å². The number of pyridine rings is 1. The average molecular weight is 440 g/mol. The van der Waals surface area contributed by atoms with Gasteiger partial charge in [-0.05, 0) is 44.7 Å². The molecule has 3 heterocycles. The average Bonchev–Trinajstić information content (AvgIpc) is 3.18. The van der Waals surface area contributed by atoms with Gasteiger partial charge in [0.05, 0.1) is 31.5 Å². The first-order valence-corrected chi connectivity index (χ1v) is 10.9. The lowest BCUT2D eigenvalue weighted by Crippen LogP contribution is -2.23. The summed E-state index contributed by atoms with van der Waals surface area (Å²) in [6.45, 7) is 2.56. The number of fused-ring (bicyclic) bond motifs is 1. The third kappa shape index (κ3) is 4.58. The zero-order chi connectivity index (χ0) is 22.7. The summed E-state index contributed by atoms with van der Waals surface area (Å²) >= 11 is 0. The van der Waals surface area contributed by atoms with Crippen LogP contribution < -0.4 is 5.32 Å². The van der Waals surface area contributed by atoms with Gasteiger partial charge in [0.2, 0.25) is 5.95 Å². The second kappa shape index (κ2) is 9.62. The highest BCUT2D eigenvalue weighted by Crippen LogP contribution is 2.37. The first-order chi connectivity index (χ1) is 15.5. The van der Waals surface area contributed by atoms with E-state index in [9.17, 15) is 9.90 Å². The van der Waals surface area contributed by atoms with Gasteiger partial charge in [0.1, 0.15) is 5.69 Å². The molecule has 3 aromatic heterocycles. The molecule has 0 amide bonds. The van der Waals surface area contributed by atoms with Gasteiger partial charge in [0, 0.05) is 42.1 Å². The predicted octanol–water partition coefficient (Wildman–Crippen LogP) is 3.04. The summed E-state index contributed by atoms with van der Waals surface area (Å²) < 4.78 is 11.9. The normalized spacial score (nSPS) is 19.6. The highest BCUT2D eigenvalue weighted by Gasteiger charge is 2.26. The number of carbonyl (C=O) groups is 1. The van der Waals surface area contributed by atoms with Crippen molar-refractivity contribution in [2.45, 2.75) is 50.7 Å². The molecule has 9 heteroatoms. The summed E-state index contributed by atoms with van der Waals surface area (Å²) in [6.07, 6.45) is 6.61. The molecular formula is C23H29N5O4. The molecule has 3 aromatic rings. The molecule has 1 atom stereocenters. The van der Waals surface area contributed by atoms with E-state index in [0.717, 1.165) is 48.0 Å². The number of rotatable bonds is 7. The number of carbonyl (C=O) groups excluding carboxylic acids is 1. The van der Waals surface area contributed by atoms with Crippen LogP contribution in [0.1, 0.15) is 54.7 Å². The fourth-order valence-corrected chi connectivity index (χ4v) is 4.27. The van der Waals surface area contributed by atoms with Crippen molar-refractivity contribution in [1.82, 2.24) is 19.6 Å². The van der Waals surface area contributed by atoms with Crippen LogP contribution in [0.3, 0.4) is 0 Å². The number of anilines is 1. The number of aliphatic hydroxyl groups excluding tert-OH is 1. The van der Waals surface area contributed by atoms with Crippen LogP contribution >= 0.6 is 0 Å². The molecule has 1 aliphatic carbocycles. The van der Waals surface area contributed by atoms with Crippen molar-refractivity contribution in [2.24, 2.45) is 0 Å². The van der Waals surface area contributed by atoms with Crippen molar-refractivity contribution >= 4 is 17.4 Å². The van der Waals surface area contributed by atoms with Crippen LogP contribution in [-0.4, -0.2) is 63.6 Å². The molecule has 2 N–H and O–H groups in total. The van der Waals surface area contributed by atoms with Crippen molar-refractivity contribution in [1.29, 1.82) is 0 Å². The van der Waals surface area contributed by atoms with Gasteiger partial charge >= 0.3 is 5.97 Å². The number of nitrogens with one attached hydrogen (secondary N) is 1. The summed E-state index contributed by atoms with van der Waals surface area (Å²) in [7, 11) is 3.00. The Bertz CT molecular complexity index is 1070. The second-order valence-corrected chi connectivity index (χ2v) is 8.29. The van der Waals surface area contributed by atoms with Crippen molar-refractivity contribution < 1.29 is 19.4 Å². The Kier molecular flexibility index (Phi) is 6.66. The Balaban J connectivity index is 1.75. The Morgan fingerprint density at radius 3 is 2.66 bits per heavy atom. The third-order valence-corrected chi connectivity index (χ3v) is 5.92. The molecule has 0 aliphatic heterocycles. The van der Waals surface area contributed by atoms with E-state index in [1.807, 2.05) is 17.5 Å². The molecule has 0 bridgehead atoms. The lowest BCUT2D eigenvalue weighted by Gasteiger charge is -2.25. The summed E-state index contributed by atoms with van der Waals surface area (Å²) in [5, 5.41) is 18.0. The topological polar surface area (TPSA) is 111 Å². The number of nitrogens with zero attached hydrogens (tertiary/aromatic N) is 4. The van der Waals surface area contributed by atoms with Gasteiger partial charge in [-0.15, -0.1) is 5.10 Å². The van der Waals surface area contributed by atoms with Crippen LogP contribution in [0.5, 0.6) is 0 Å². The van der Waals surface area contributed by atoms with Crippen LogP contribution in [0.25, 0.3) is 16.6 Å². The number of methoxy groups -OCH3 is 2. The first kappa shape index (κ1) is 22.2. The third-order valence-electron chi connectivity index (χ3n) is 5.92. The van der Waals surface area contributed by atoms with Crippen LogP contribution in [0.2, 0.25) is 0 Å². The van der Waals surface area contributed by atoms with Crippen LogP contribution in [0.15, 0.2) is 30.6 Å². The number of hydrogen-bond donors (Lipinski definition) is 2. The Labute approximate surface area is 186 Å². The summed E-state index contributed by atoms with van der Waals surface area (Å²) in [5.74, 6) is 0.352. The van der Waals surface area contributed by atoms with Crippen LogP contribution in [-0.2, 0) is 9.47 Å². The Morgan fingerprint density at radius 1 is 1.22 bits per heavy atom. The molecule has 0 spiro atoms. The molecule has 0 saturated heterocycles. The van der Waals surface area contributed by atoms with Gasteiger partial charge in [0.25, 0.3) is 0 Å². The summed E-state index contributed by atoms with van der Waals surface area (Å²) in [6, 6.07) is 5.71. The minimum Gasteiger partial charge on any atom is -0.464 e. The molecule has 0 radical (unpaired) electrons. The van der Waals surface area contributed by atoms with Crippen molar-refractivity contribution in [3.63, 3.8) is 0 Å². The lowest BCUT2D eigenvalue weighted by molar-refractivity contribution is 0.0594. The quantitative estimate of drug-likeness (QED) is 0.541. The van der Waals surface area contributed by atoms with Gasteiger partial charge in [-0.25, -0.2) is 19.3 Å². The minimum atomic E-state index is -0.469. The Hall–Kier alpha value is -3.04. The summed E-state index contributed by atoms with van der Waals surface area (Å²) in [4.78, 5) is 20.5. The Morgan fingerprint density at radius 2 is 2.00 bits per heavy atom. The summed E-state index contributed by atoms with van der Waals surface area (Å²) in [5.41, 5.74) is 4.03. The number of esters is 1. The number of aromatic nitrogens is 4. The van der Waals surface area contributed by atoms with Crippen molar-refractivity contribution in [3.8, 4) is 11.1 Å². The number of ether oxygens (including phenoxy) is 2. The van der Waals surface area contributed by atoms with Gasteiger partial charge in [0.15, 0.2) is 0 Å². The first-order valence-electron chi connectivity index (χ1n) is 10.9. The minimum absolute atomic E-state index is 0.0656. The van der Waals surface area contributed by atoms with E-state index in [2.05, 4.69) is 21.4 Å². The maximum absolute atomic E-state index is 11.7. The zero-order valence-corrected chi connectivity index (χ0v) is 18.6. The van der Waals surface area contributed by atoms with Crippen LogP contribution in [0.4, 0.5) is 5.95 Å². The van der Waals surface area contributed by atoms with E-state index in [4.69, 9.17) is 14.6 Å². The van der Waals surface area contributed by atoms with Gasteiger partial charge in [-0.2, -0.15) is 0 Å². The molecule has 9 nitrogen and oxygen atoms in total. The molecule has 1 unspecified atom stereocenters. The predicted molar refractivity (Wildman–Crippen MR) is 120 cm³/mol. The number of aliphatic hydroxyl groups is 1. The van der Waals surface area contributed by atoms with Crippen molar-refractivity contribution in [3.05, 3.63) is 42.0 Å². The van der Waals surface area contributed by atoms with Gasteiger partial charge in [-0.1, -0.05) is 6.07 Å². The fourth-order valence-electron chi connectivity index (χ4n) is 4.27. The zero-order valence-electron chi connectivity index (χ0n) is 18.6. The fraction of sp³-hybridized carbons (Fsp3) is 0.478. The maximum atomic E-state index is 11.7. The largest absolute Gasteiger partial charge is 0.464 e. The highest BCUT2D eigenvalue weighted by atomic mass is 16.5. The van der Waals surface area contributed by atoms with Gasteiger partial charge < -0.3 is 19.9 Å². The maximum Gasteiger partial charge on any atom is 0.356 e. The molecule has 32 heavy (non-hydrogen) atoms. The van der Waals surface area contributed by atoms with E-state index in [1.54, 1.807) is 25.6 Å². The molecule has 170 valence electrons. The molecule has 1 saturated carbocycles. The molecule has 4 rings (SSSR count). The smallest absolute Gasteiger partial charge is 0.356 e. The molecule has 0 aromatic carbocycles. The lowest BCUT2D eigenvalue weighted by atomic mass is 9.85. The van der Waals surface area contributed by atoms with E-state index in [1.165, 1.54) is 7.11 Å². The second-order valence-electron chi connectivity index (χ2n) is 8.29. The van der Waals surface area contributed by atoms with E-state index in [-0.39, 0.29) is 17.8 Å². The monoisotopic (exact) mass is 439 g/mol.